The van der Waals surface area contributed by atoms with Gasteiger partial charge in [0, 0.05) is 8.07 Å². The van der Waals surface area contributed by atoms with Crippen molar-refractivity contribution >= 4 is 20.1 Å². The zero-order chi connectivity index (χ0) is 21.3. The molecule has 0 radical (unpaired) electrons. The minimum atomic E-state index is -1.35. The first-order valence-electron chi connectivity index (χ1n) is 9.71. The Labute approximate surface area is 173 Å². The topological polar surface area (TPSA) is 90.6 Å². The number of nitrogens with two attached hydrogens (primary N) is 1. The molecule has 2 aromatic carbocycles. The normalized spacial score (nSPS) is 13.2. The summed E-state index contributed by atoms with van der Waals surface area (Å²) in [5, 5.41) is 2.58. The van der Waals surface area contributed by atoms with Crippen LogP contribution in [0.1, 0.15) is 17.2 Å². The molecule has 0 aliphatic rings. The van der Waals surface area contributed by atoms with Crippen LogP contribution in [0.5, 0.6) is 0 Å². The molecule has 0 spiro atoms. The number of benzene rings is 2. The van der Waals surface area contributed by atoms with Crippen LogP contribution in [0, 0.1) is 0 Å². The van der Waals surface area contributed by atoms with Crippen molar-refractivity contribution in [1.29, 1.82) is 0 Å². The Hall–Kier alpha value is -2.64. The van der Waals surface area contributed by atoms with Crippen LogP contribution >= 0.6 is 0 Å². The summed E-state index contributed by atoms with van der Waals surface area (Å²) in [7, 11) is -1.35. The molecule has 0 fully saturated rings. The number of alkyl carbamates (subject to hydrolysis) is 1. The number of amides is 1. The van der Waals surface area contributed by atoms with Crippen LogP contribution in [-0.4, -0.2) is 32.8 Å². The van der Waals surface area contributed by atoms with E-state index in [2.05, 4.69) is 25.0 Å². The van der Waals surface area contributed by atoms with Crippen LogP contribution in [0.2, 0.25) is 25.7 Å². The van der Waals surface area contributed by atoms with E-state index in [0.717, 1.165) is 17.2 Å². The van der Waals surface area contributed by atoms with Gasteiger partial charge in [-0.05, 0) is 17.2 Å². The lowest BCUT2D eigenvalue weighted by Gasteiger charge is -2.24. The largest absolute Gasteiger partial charge is 0.464 e. The van der Waals surface area contributed by atoms with Gasteiger partial charge in [0.2, 0.25) is 0 Å². The maximum absolute atomic E-state index is 12.7. The smallest absolute Gasteiger partial charge is 0.408 e. The summed E-state index contributed by atoms with van der Waals surface area (Å²) in [5.41, 5.74) is 7.87. The monoisotopic (exact) mass is 414 g/mol. The van der Waals surface area contributed by atoms with E-state index in [4.69, 9.17) is 15.2 Å². The Morgan fingerprint density at radius 1 is 0.966 bits per heavy atom. The zero-order valence-electron chi connectivity index (χ0n) is 17.3. The molecule has 2 aromatic rings. The van der Waals surface area contributed by atoms with Crippen LogP contribution in [0.4, 0.5) is 4.79 Å². The average Bonchev–Trinajstić information content (AvgIpc) is 2.70. The number of ether oxygens (including phenoxy) is 2. The molecule has 29 heavy (non-hydrogen) atoms. The number of nitrogens with one attached hydrogen (secondary N) is 1. The third-order valence-corrected chi connectivity index (χ3v) is 6.08. The molecule has 156 valence electrons. The minimum absolute atomic E-state index is 0.102. The highest BCUT2D eigenvalue weighted by Crippen LogP contribution is 2.16. The Balaban J connectivity index is 2.03. The maximum Gasteiger partial charge on any atom is 0.408 e. The summed E-state index contributed by atoms with van der Waals surface area (Å²) in [6.07, 6.45) is -0.715. The van der Waals surface area contributed by atoms with Gasteiger partial charge in [-0.3, -0.25) is 0 Å². The van der Waals surface area contributed by atoms with Crippen LogP contribution in [0.3, 0.4) is 0 Å². The number of carbonyl (C=O) groups excluding carboxylic acids is 2. The van der Waals surface area contributed by atoms with Crippen LogP contribution in [0.25, 0.3) is 0 Å². The van der Waals surface area contributed by atoms with E-state index in [9.17, 15) is 9.59 Å². The maximum atomic E-state index is 12.7. The lowest BCUT2D eigenvalue weighted by Crippen LogP contribution is -2.49. The highest BCUT2D eigenvalue weighted by Gasteiger charge is 2.31. The summed E-state index contributed by atoms with van der Waals surface area (Å²) >= 11 is 0. The van der Waals surface area contributed by atoms with Crippen molar-refractivity contribution in [3.05, 3.63) is 71.8 Å². The molecule has 0 aliphatic heterocycles. The summed E-state index contributed by atoms with van der Waals surface area (Å²) < 4.78 is 10.7. The molecule has 2 rings (SSSR count). The molecule has 6 nitrogen and oxygen atoms in total. The second kappa shape index (κ2) is 10.8. The van der Waals surface area contributed by atoms with Crippen molar-refractivity contribution < 1.29 is 19.1 Å². The van der Waals surface area contributed by atoms with E-state index in [1.807, 2.05) is 60.7 Å². The first-order chi connectivity index (χ1) is 13.8. The van der Waals surface area contributed by atoms with Crippen molar-refractivity contribution in [1.82, 2.24) is 5.32 Å². The predicted octanol–water partition coefficient (Wildman–Crippen LogP) is 3.86. The van der Waals surface area contributed by atoms with Gasteiger partial charge in [0.05, 0.1) is 12.6 Å². The van der Waals surface area contributed by atoms with Crippen molar-refractivity contribution in [2.24, 2.45) is 5.73 Å². The molecule has 0 aromatic heterocycles. The van der Waals surface area contributed by atoms with Crippen LogP contribution in [0.15, 0.2) is 60.7 Å². The summed E-state index contributed by atoms with van der Waals surface area (Å²) in [6, 6.07) is 17.5. The third kappa shape index (κ3) is 8.09. The Morgan fingerprint density at radius 3 is 2.14 bits per heavy atom. The molecule has 0 saturated carbocycles. The Morgan fingerprint density at radius 2 is 1.55 bits per heavy atom. The van der Waals surface area contributed by atoms with E-state index in [0.29, 0.717) is 6.61 Å². The van der Waals surface area contributed by atoms with Gasteiger partial charge in [0.15, 0.2) is 0 Å². The fourth-order valence-corrected chi connectivity index (χ4v) is 3.32. The van der Waals surface area contributed by atoms with E-state index in [1.165, 1.54) is 0 Å². The fourth-order valence-electron chi connectivity index (χ4n) is 2.60. The van der Waals surface area contributed by atoms with Crippen molar-refractivity contribution in [3.63, 3.8) is 0 Å². The average molecular weight is 415 g/mol. The van der Waals surface area contributed by atoms with Gasteiger partial charge in [-0.15, -0.1) is 0 Å². The lowest BCUT2D eigenvalue weighted by atomic mass is 10.0. The number of hydrogen-bond acceptors (Lipinski definition) is 5. The molecule has 0 bridgehead atoms. The Bertz CT molecular complexity index is 778. The molecule has 3 N–H and O–H groups in total. The third-order valence-electron chi connectivity index (χ3n) is 4.38. The van der Waals surface area contributed by atoms with Gasteiger partial charge in [-0.25, -0.2) is 9.59 Å². The van der Waals surface area contributed by atoms with Crippen LogP contribution < -0.4 is 11.1 Å². The van der Waals surface area contributed by atoms with Gasteiger partial charge in [0.1, 0.15) is 12.6 Å². The summed E-state index contributed by atoms with van der Waals surface area (Å²) in [6.45, 7) is 7.02. The molecule has 7 heteroatoms. The highest BCUT2D eigenvalue weighted by atomic mass is 28.3. The number of hydrogen-bond donors (Lipinski definition) is 2. The highest BCUT2D eigenvalue weighted by molar-refractivity contribution is 6.76. The molecule has 0 unspecified atom stereocenters. The molecular weight excluding hydrogens is 384 g/mol. The molecule has 0 heterocycles. The zero-order valence-corrected chi connectivity index (χ0v) is 18.3. The fraction of sp³-hybridized carbons (Fsp3) is 0.364. The van der Waals surface area contributed by atoms with Gasteiger partial charge in [0.25, 0.3) is 0 Å². The number of esters is 1. The van der Waals surface area contributed by atoms with Crippen LogP contribution in [-0.2, 0) is 20.9 Å². The van der Waals surface area contributed by atoms with Gasteiger partial charge in [-0.2, -0.15) is 0 Å². The molecule has 0 aliphatic carbocycles. The van der Waals surface area contributed by atoms with Gasteiger partial charge in [-0.1, -0.05) is 80.3 Å². The van der Waals surface area contributed by atoms with Crippen molar-refractivity contribution in [2.45, 2.75) is 44.4 Å². The standard InChI is InChI=1S/C22H30N2O4Si/c1-29(2,3)15-14-27-21(25)20(19(23)18-12-8-5-9-13-18)24-22(26)28-16-17-10-6-4-7-11-17/h4-13,19-20H,14-16,23H2,1-3H3,(H,24,26)/t19-,20+/m1/s1. The first-order valence-corrected chi connectivity index (χ1v) is 13.4. The second-order valence-corrected chi connectivity index (χ2v) is 13.7. The SMILES string of the molecule is C[Si](C)(C)CCOC(=O)[C@@H](NC(=O)OCc1ccccc1)[C@H](N)c1ccccc1. The summed E-state index contributed by atoms with van der Waals surface area (Å²) in [4.78, 5) is 25.0. The minimum Gasteiger partial charge on any atom is -0.464 e. The molecule has 0 saturated heterocycles. The lowest BCUT2D eigenvalue weighted by molar-refractivity contribution is -0.146. The van der Waals surface area contributed by atoms with E-state index in [1.54, 1.807) is 0 Å². The number of carbonyl (C=O) groups is 2. The van der Waals surface area contributed by atoms with Crippen molar-refractivity contribution in [2.75, 3.05) is 6.61 Å². The first kappa shape index (κ1) is 22.6. The Kier molecular flexibility index (Phi) is 8.42. The van der Waals surface area contributed by atoms with Gasteiger partial charge >= 0.3 is 12.1 Å². The number of rotatable bonds is 9. The summed E-state index contributed by atoms with van der Waals surface area (Å²) in [5.74, 6) is -0.559. The van der Waals surface area contributed by atoms with E-state index in [-0.39, 0.29) is 6.61 Å². The second-order valence-electron chi connectivity index (χ2n) is 8.10. The molecule has 2 atom stereocenters. The molecule has 1 amide bonds. The van der Waals surface area contributed by atoms with E-state index >= 15 is 0 Å². The molecular formula is C22H30N2O4Si. The quantitative estimate of drug-likeness (QED) is 0.480. The van der Waals surface area contributed by atoms with E-state index < -0.39 is 32.2 Å². The predicted molar refractivity (Wildman–Crippen MR) is 116 cm³/mol. The van der Waals surface area contributed by atoms with Crippen molar-refractivity contribution in [3.8, 4) is 0 Å². The van der Waals surface area contributed by atoms with Gasteiger partial charge < -0.3 is 20.5 Å².